The summed E-state index contributed by atoms with van der Waals surface area (Å²) in [5.74, 6) is 0. The van der Waals surface area contributed by atoms with Gasteiger partial charge in [-0.05, 0) is 13.0 Å². The summed E-state index contributed by atoms with van der Waals surface area (Å²) in [5.41, 5.74) is 6.91. The predicted molar refractivity (Wildman–Crippen MR) is 51.9 cm³/mol. The number of H-pyrrole nitrogens is 1. The molecule has 0 saturated heterocycles. The van der Waals surface area contributed by atoms with Gasteiger partial charge in [-0.2, -0.15) is 5.10 Å². The average Bonchev–Trinajstić information content (AvgIpc) is 2.49. The molecule has 6 heteroatoms. The zero-order valence-corrected chi connectivity index (χ0v) is 7.44. The Morgan fingerprint density at radius 1 is 1.57 bits per heavy atom. The highest BCUT2D eigenvalue weighted by Gasteiger charge is 2.16. The second kappa shape index (κ2) is 2.69. The first kappa shape index (κ1) is 8.49. The van der Waals surface area contributed by atoms with Crippen molar-refractivity contribution < 1.29 is 4.92 Å². The molecule has 72 valence electrons. The Balaban J connectivity index is 2.82. The first-order valence-corrected chi connectivity index (χ1v) is 3.99. The van der Waals surface area contributed by atoms with E-state index >= 15 is 0 Å². The van der Waals surface area contributed by atoms with E-state index in [1.807, 2.05) is 6.92 Å². The van der Waals surface area contributed by atoms with Crippen LogP contribution in [0.4, 0.5) is 11.4 Å². The molecule has 0 radical (unpaired) electrons. The Kier molecular flexibility index (Phi) is 1.63. The number of nitrogens with one attached hydrogen (secondary N) is 1. The first-order chi connectivity index (χ1) is 6.61. The van der Waals surface area contributed by atoms with Gasteiger partial charge in [-0.15, -0.1) is 0 Å². The highest BCUT2D eigenvalue weighted by molar-refractivity contribution is 5.95. The maximum atomic E-state index is 10.6. The van der Waals surface area contributed by atoms with Crippen LogP contribution in [0.5, 0.6) is 0 Å². The fourth-order valence-corrected chi connectivity index (χ4v) is 1.38. The van der Waals surface area contributed by atoms with Crippen molar-refractivity contribution in [2.75, 3.05) is 5.73 Å². The van der Waals surface area contributed by atoms with E-state index in [4.69, 9.17) is 5.73 Å². The van der Waals surface area contributed by atoms with E-state index < -0.39 is 4.92 Å². The van der Waals surface area contributed by atoms with Crippen molar-refractivity contribution in [3.8, 4) is 0 Å². The fourth-order valence-electron chi connectivity index (χ4n) is 1.38. The van der Waals surface area contributed by atoms with Crippen molar-refractivity contribution in [2.45, 2.75) is 6.92 Å². The summed E-state index contributed by atoms with van der Waals surface area (Å²) in [4.78, 5) is 10.0. The summed E-state index contributed by atoms with van der Waals surface area (Å²) in [6.07, 6.45) is 0. The standard InChI is InChI=1S/C8H8N4O2/c1-4-5-2-3-6(12(13)14)7(9)8(5)11-10-4/h2-3H,9H2,1H3,(H,10,11). The molecule has 1 aromatic heterocycles. The van der Waals surface area contributed by atoms with E-state index in [-0.39, 0.29) is 11.4 Å². The van der Waals surface area contributed by atoms with Gasteiger partial charge in [0.2, 0.25) is 0 Å². The second-order valence-electron chi connectivity index (χ2n) is 3.00. The molecule has 2 rings (SSSR count). The van der Waals surface area contributed by atoms with E-state index in [9.17, 15) is 10.1 Å². The van der Waals surface area contributed by atoms with Crippen LogP contribution in [-0.2, 0) is 0 Å². The molecule has 0 atom stereocenters. The van der Waals surface area contributed by atoms with E-state index in [1.165, 1.54) is 6.07 Å². The molecule has 0 saturated carbocycles. The van der Waals surface area contributed by atoms with Crippen molar-refractivity contribution in [3.63, 3.8) is 0 Å². The number of fused-ring (bicyclic) bond motifs is 1. The number of nitro benzene ring substituents is 1. The normalized spacial score (nSPS) is 10.6. The van der Waals surface area contributed by atoms with Gasteiger partial charge < -0.3 is 5.73 Å². The second-order valence-corrected chi connectivity index (χ2v) is 3.00. The lowest BCUT2D eigenvalue weighted by Gasteiger charge is -1.96. The van der Waals surface area contributed by atoms with Crippen molar-refractivity contribution >= 4 is 22.3 Å². The molecule has 2 aromatic rings. The van der Waals surface area contributed by atoms with E-state index in [1.54, 1.807) is 6.07 Å². The number of rotatable bonds is 1. The number of benzene rings is 1. The molecule has 0 bridgehead atoms. The maximum Gasteiger partial charge on any atom is 0.294 e. The Hall–Kier alpha value is -2.11. The van der Waals surface area contributed by atoms with Gasteiger partial charge in [0.1, 0.15) is 11.2 Å². The largest absolute Gasteiger partial charge is 0.391 e. The molecule has 0 aliphatic heterocycles. The zero-order valence-electron chi connectivity index (χ0n) is 7.44. The molecule has 0 aliphatic rings. The Morgan fingerprint density at radius 3 is 2.93 bits per heavy atom. The smallest absolute Gasteiger partial charge is 0.294 e. The Bertz CT molecular complexity index is 517. The molecule has 1 aromatic carbocycles. The van der Waals surface area contributed by atoms with Crippen LogP contribution in [-0.4, -0.2) is 15.1 Å². The topological polar surface area (TPSA) is 97.8 Å². The molecule has 0 fully saturated rings. The number of nitrogen functional groups attached to an aromatic ring is 1. The zero-order chi connectivity index (χ0) is 10.3. The number of hydrogen-bond donors (Lipinski definition) is 2. The summed E-state index contributed by atoms with van der Waals surface area (Å²) in [6, 6.07) is 3.03. The lowest BCUT2D eigenvalue weighted by molar-refractivity contribution is -0.383. The fraction of sp³-hybridized carbons (Fsp3) is 0.125. The third-order valence-corrected chi connectivity index (χ3v) is 2.13. The number of nitrogens with two attached hydrogens (primary N) is 1. The van der Waals surface area contributed by atoms with Crippen LogP contribution in [0, 0.1) is 17.0 Å². The quantitative estimate of drug-likeness (QED) is 0.405. The molecule has 0 spiro atoms. The van der Waals surface area contributed by atoms with Gasteiger partial charge in [-0.25, -0.2) is 0 Å². The predicted octanol–water partition coefficient (Wildman–Crippen LogP) is 1.36. The summed E-state index contributed by atoms with van der Waals surface area (Å²) in [7, 11) is 0. The van der Waals surface area contributed by atoms with Crippen LogP contribution >= 0.6 is 0 Å². The lowest BCUT2D eigenvalue weighted by Crippen LogP contribution is -1.96. The lowest BCUT2D eigenvalue weighted by atomic mass is 10.1. The number of nitrogens with zero attached hydrogens (tertiary/aromatic N) is 2. The molecular weight excluding hydrogens is 184 g/mol. The summed E-state index contributed by atoms with van der Waals surface area (Å²) in [5, 5.41) is 18.0. The summed E-state index contributed by atoms with van der Waals surface area (Å²) in [6.45, 7) is 1.83. The van der Waals surface area contributed by atoms with Crippen LogP contribution in [0.3, 0.4) is 0 Å². The minimum absolute atomic E-state index is 0.107. The van der Waals surface area contributed by atoms with Crippen LogP contribution in [0.1, 0.15) is 5.69 Å². The number of hydrogen-bond acceptors (Lipinski definition) is 4. The Morgan fingerprint density at radius 2 is 2.29 bits per heavy atom. The first-order valence-electron chi connectivity index (χ1n) is 3.99. The molecule has 0 amide bonds. The van der Waals surface area contributed by atoms with Crippen LogP contribution < -0.4 is 5.73 Å². The molecule has 3 N–H and O–H groups in total. The monoisotopic (exact) mass is 192 g/mol. The van der Waals surface area contributed by atoms with Crippen molar-refractivity contribution in [1.29, 1.82) is 0 Å². The SMILES string of the molecule is Cc1[nH]nc2c(N)c([N+](=O)[O-])ccc12. The third-order valence-electron chi connectivity index (χ3n) is 2.13. The number of anilines is 1. The number of nitro groups is 1. The van der Waals surface area contributed by atoms with Gasteiger partial charge >= 0.3 is 0 Å². The van der Waals surface area contributed by atoms with Crippen LogP contribution in [0.2, 0.25) is 0 Å². The van der Waals surface area contributed by atoms with E-state index in [2.05, 4.69) is 10.2 Å². The van der Waals surface area contributed by atoms with E-state index in [0.29, 0.717) is 5.52 Å². The van der Waals surface area contributed by atoms with Gasteiger partial charge in [0, 0.05) is 17.1 Å². The van der Waals surface area contributed by atoms with Gasteiger partial charge in [-0.1, -0.05) is 0 Å². The van der Waals surface area contributed by atoms with Crippen molar-refractivity contribution in [1.82, 2.24) is 10.2 Å². The third kappa shape index (κ3) is 1.00. The molecule has 14 heavy (non-hydrogen) atoms. The molecular formula is C8H8N4O2. The van der Waals surface area contributed by atoms with Gasteiger partial charge in [-0.3, -0.25) is 15.2 Å². The minimum Gasteiger partial charge on any atom is -0.391 e. The number of aryl methyl sites for hydroxylation is 1. The molecule has 1 heterocycles. The van der Waals surface area contributed by atoms with Gasteiger partial charge in [0.15, 0.2) is 0 Å². The highest BCUT2D eigenvalue weighted by Crippen LogP contribution is 2.29. The van der Waals surface area contributed by atoms with Gasteiger partial charge in [0.05, 0.1) is 4.92 Å². The number of aromatic amines is 1. The Labute approximate surface area is 78.9 Å². The molecule has 6 nitrogen and oxygen atoms in total. The minimum atomic E-state index is -0.515. The summed E-state index contributed by atoms with van der Waals surface area (Å²) >= 11 is 0. The van der Waals surface area contributed by atoms with Crippen LogP contribution in [0.15, 0.2) is 12.1 Å². The summed E-state index contributed by atoms with van der Waals surface area (Å²) < 4.78 is 0. The average molecular weight is 192 g/mol. The highest BCUT2D eigenvalue weighted by atomic mass is 16.6. The van der Waals surface area contributed by atoms with Crippen molar-refractivity contribution in [3.05, 3.63) is 27.9 Å². The maximum absolute atomic E-state index is 10.6. The van der Waals surface area contributed by atoms with Crippen LogP contribution in [0.25, 0.3) is 10.9 Å². The molecule has 0 unspecified atom stereocenters. The molecule has 0 aliphatic carbocycles. The van der Waals surface area contributed by atoms with E-state index in [0.717, 1.165) is 11.1 Å². The van der Waals surface area contributed by atoms with Crippen molar-refractivity contribution in [2.24, 2.45) is 0 Å². The number of aromatic nitrogens is 2. The van der Waals surface area contributed by atoms with Gasteiger partial charge in [0.25, 0.3) is 5.69 Å².